The Balaban J connectivity index is 1.90. The number of halogens is 1. The van der Waals surface area contributed by atoms with Gasteiger partial charge in [0.15, 0.2) is 0 Å². The van der Waals surface area contributed by atoms with Crippen molar-refractivity contribution in [2.45, 2.75) is 20.8 Å². The average molecular weight is 419 g/mol. The van der Waals surface area contributed by atoms with Gasteiger partial charge in [0.25, 0.3) is 11.8 Å². The molecule has 0 aliphatic heterocycles. The molecular weight excluding hydrogens is 397 g/mol. The Kier molecular flexibility index (Phi) is 6.45. The van der Waals surface area contributed by atoms with Crippen LogP contribution in [0, 0.1) is 19.7 Å². The summed E-state index contributed by atoms with van der Waals surface area (Å²) in [5.41, 5.74) is 2.86. The van der Waals surface area contributed by atoms with Crippen LogP contribution >= 0.6 is 0 Å². The predicted molar refractivity (Wildman–Crippen MR) is 119 cm³/mol. The van der Waals surface area contributed by atoms with Gasteiger partial charge in [-0.25, -0.2) is 4.39 Å². The van der Waals surface area contributed by atoms with Crippen molar-refractivity contribution in [2.24, 2.45) is 0 Å². The molecule has 0 heterocycles. The van der Waals surface area contributed by atoms with Crippen molar-refractivity contribution in [3.05, 3.63) is 88.7 Å². The van der Waals surface area contributed by atoms with Crippen LogP contribution in [0.2, 0.25) is 0 Å². The monoisotopic (exact) mass is 419 g/mol. The third-order valence-corrected chi connectivity index (χ3v) is 4.77. The largest absolute Gasteiger partial charge is 0.326 e. The summed E-state index contributed by atoms with van der Waals surface area (Å²) in [7, 11) is 0. The van der Waals surface area contributed by atoms with Gasteiger partial charge in [-0.15, -0.1) is 0 Å². The second kappa shape index (κ2) is 9.21. The minimum Gasteiger partial charge on any atom is -0.326 e. The maximum atomic E-state index is 14.0. The van der Waals surface area contributed by atoms with Crippen LogP contribution in [0.5, 0.6) is 0 Å². The molecule has 7 heteroatoms. The van der Waals surface area contributed by atoms with Crippen LogP contribution in [0.4, 0.5) is 21.5 Å². The quantitative estimate of drug-likeness (QED) is 0.549. The minimum atomic E-state index is -0.648. The number of hydrogen-bond acceptors (Lipinski definition) is 3. The topological polar surface area (TPSA) is 87.3 Å². The Bertz CT molecular complexity index is 1170. The fraction of sp³-hybridized carbons (Fsp3) is 0.125. The highest BCUT2D eigenvalue weighted by Gasteiger charge is 2.19. The van der Waals surface area contributed by atoms with Crippen molar-refractivity contribution in [3.63, 3.8) is 0 Å². The molecule has 0 spiro atoms. The first-order chi connectivity index (χ1) is 14.8. The highest BCUT2D eigenvalue weighted by Crippen LogP contribution is 2.27. The summed E-state index contributed by atoms with van der Waals surface area (Å²) in [5.74, 6) is -1.96. The zero-order valence-corrected chi connectivity index (χ0v) is 17.4. The van der Waals surface area contributed by atoms with Crippen LogP contribution in [0.15, 0.2) is 60.7 Å². The summed E-state index contributed by atoms with van der Waals surface area (Å²) in [6.45, 7) is 4.93. The second-order valence-electron chi connectivity index (χ2n) is 7.04. The molecule has 3 aromatic rings. The van der Waals surface area contributed by atoms with Gasteiger partial charge in [0, 0.05) is 18.3 Å². The van der Waals surface area contributed by atoms with Crippen molar-refractivity contribution in [1.82, 2.24) is 0 Å². The van der Waals surface area contributed by atoms with Crippen LogP contribution < -0.4 is 16.0 Å². The number of aryl methyl sites for hydroxylation is 1. The van der Waals surface area contributed by atoms with Crippen molar-refractivity contribution in [3.8, 4) is 0 Å². The summed E-state index contributed by atoms with van der Waals surface area (Å²) in [6, 6.07) is 15.8. The van der Waals surface area contributed by atoms with Crippen LogP contribution in [-0.4, -0.2) is 17.7 Å². The van der Waals surface area contributed by atoms with Gasteiger partial charge in [0.2, 0.25) is 5.91 Å². The van der Waals surface area contributed by atoms with E-state index in [2.05, 4.69) is 16.0 Å². The smallest absolute Gasteiger partial charge is 0.258 e. The van der Waals surface area contributed by atoms with E-state index in [-0.39, 0.29) is 17.0 Å². The molecule has 0 radical (unpaired) electrons. The second-order valence-corrected chi connectivity index (χ2v) is 7.04. The molecule has 0 bridgehead atoms. The third kappa shape index (κ3) is 4.95. The zero-order valence-electron chi connectivity index (χ0n) is 17.4. The van der Waals surface area contributed by atoms with E-state index in [1.165, 1.54) is 25.1 Å². The molecule has 0 aliphatic carbocycles. The highest BCUT2D eigenvalue weighted by atomic mass is 19.1. The van der Waals surface area contributed by atoms with E-state index in [1.807, 2.05) is 0 Å². The van der Waals surface area contributed by atoms with Crippen molar-refractivity contribution in [1.29, 1.82) is 0 Å². The lowest BCUT2D eigenvalue weighted by molar-refractivity contribution is -0.114. The highest BCUT2D eigenvalue weighted by molar-refractivity contribution is 6.13. The van der Waals surface area contributed by atoms with Crippen molar-refractivity contribution in [2.75, 3.05) is 16.0 Å². The Labute approximate surface area is 179 Å². The minimum absolute atomic E-state index is 0.115. The van der Waals surface area contributed by atoms with E-state index in [9.17, 15) is 18.8 Å². The van der Waals surface area contributed by atoms with Crippen molar-refractivity contribution < 1.29 is 18.8 Å². The molecule has 0 unspecified atom stereocenters. The normalized spacial score (nSPS) is 10.3. The zero-order chi connectivity index (χ0) is 22.5. The van der Waals surface area contributed by atoms with Crippen LogP contribution in [0.1, 0.15) is 38.8 Å². The third-order valence-electron chi connectivity index (χ3n) is 4.77. The van der Waals surface area contributed by atoms with Gasteiger partial charge in [0.1, 0.15) is 5.82 Å². The van der Waals surface area contributed by atoms with Crippen LogP contribution in [-0.2, 0) is 4.79 Å². The molecule has 0 aliphatic rings. The molecule has 3 rings (SSSR count). The molecule has 3 aromatic carbocycles. The number of anilines is 3. The lowest BCUT2D eigenvalue weighted by Crippen LogP contribution is -2.20. The van der Waals surface area contributed by atoms with E-state index in [0.717, 1.165) is 0 Å². The maximum Gasteiger partial charge on any atom is 0.258 e. The molecule has 0 saturated heterocycles. The summed E-state index contributed by atoms with van der Waals surface area (Å²) < 4.78 is 14.0. The van der Waals surface area contributed by atoms with Gasteiger partial charge in [-0.3, -0.25) is 14.4 Å². The first-order valence-corrected chi connectivity index (χ1v) is 9.62. The standard InChI is InChI=1S/C24H22FN3O3/c1-14-8-6-10-18(22(14)28-23(30)17-9-4-5-11-19(17)25)24(31)27-21-13-7-12-20(15(21)2)26-16(3)29/h4-13H,1-3H3,(H,26,29)(H,27,31)(H,28,30). The van der Waals surface area contributed by atoms with Gasteiger partial charge < -0.3 is 16.0 Å². The van der Waals surface area contributed by atoms with Gasteiger partial charge in [-0.1, -0.05) is 30.3 Å². The fourth-order valence-electron chi connectivity index (χ4n) is 3.13. The number of para-hydroxylation sites is 1. The van der Waals surface area contributed by atoms with E-state index in [0.29, 0.717) is 28.2 Å². The summed E-state index contributed by atoms with van der Waals surface area (Å²) in [5, 5.41) is 8.19. The predicted octanol–water partition coefficient (Wildman–Crippen LogP) is 4.91. The number of amides is 3. The molecule has 158 valence electrons. The van der Waals surface area contributed by atoms with Gasteiger partial charge in [0.05, 0.1) is 16.8 Å². The number of carbonyl (C=O) groups excluding carboxylic acids is 3. The lowest BCUT2D eigenvalue weighted by Gasteiger charge is -2.16. The Morgan fingerprint density at radius 1 is 0.710 bits per heavy atom. The maximum absolute atomic E-state index is 14.0. The summed E-state index contributed by atoms with van der Waals surface area (Å²) in [4.78, 5) is 37.0. The van der Waals surface area contributed by atoms with Gasteiger partial charge in [-0.05, 0) is 55.3 Å². The number of nitrogens with one attached hydrogen (secondary N) is 3. The van der Waals surface area contributed by atoms with E-state index >= 15 is 0 Å². The Morgan fingerprint density at radius 3 is 1.97 bits per heavy atom. The van der Waals surface area contributed by atoms with Crippen LogP contribution in [0.3, 0.4) is 0 Å². The number of benzene rings is 3. The molecule has 3 N–H and O–H groups in total. The first kappa shape index (κ1) is 21.7. The summed E-state index contributed by atoms with van der Waals surface area (Å²) >= 11 is 0. The van der Waals surface area contributed by atoms with Crippen LogP contribution in [0.25, 0.3) is 0 Å². The molecule has 0 fully saturated rings. The van der Waals surface area contributed by atoms with E-state index in [1.54, 1.807) is 56.3 Å². The lowest BCUT2D eigenvalue weighted by atomic mass is 10.1. The molecule has 3 amide bonds. The summed E-state index contributed by atoms with van der Waals surface area (Å²) in [6.07, 6.45) is 0. The first-order valence-electron chi connectivity index (χ1n) is 9.62. The van der Waals surface area contributed by atoms with E-state index < -0.39 is 17.6 Å². The number of rotatable bonds is 5. The Hall–Kier alpha value is -4.00. The molecule has 0 atom stereocenters. The molecule has 6 nitrogen and oxygen atoms in total. The fourth-order valence-corrected chi connectivity index (χ4v) is 3.13. The Morgan fingerprint density at radius 2 is 1.29 bits per heavy atom. The van der Waals surface area contributed by atoms with Gasteiger partial charge in [-0.2, -0.15) is 0 Å². The van der Waals surface area contributed by atoms with E-state index in [4.69, 9.17) is 0 Å². The average Bonchev–Trinajstić information content (AvgIpc) is 2.72. The molecule has 0 saturated carbocycles. The van der Waals surface area contributed by atoms with Gasteiger partial charge >= 0.3 is 0 Å². The molecular formula is C24H22FN3O3. The van der Waals surface area contributed by atoms with Crippen molar-refractivity contribution >= 4 is 34.8 Å². The molecule has 31 heavy (non-hydrogen) atoms. The molecule has 0 aromatic heterocycles. The SMILES string of the molecule is CC(=O)Nc1cccc(NC(=O)c2cccc(C)c2NC(=O)c2ccccc2F)c1C. The number of hydrogen-bond donors (Lipinski definition) is 3. The number of carbonyl (C=O) groups is 3.